The molecule has 0 atom stereocenters. The van der Waals surface area contributed by atoms with E-state index in [9.17, 15) is 4.79 Å². The number of benzene rings is 1. The zero-order valence-corrected chi connectivity index (χ0v) is 11.1. The Labute approximate surface area is 103 Å². The zero-order chi connectivity index (χ0) is 13.1. The molecule has 1 aromatic carbocycles. The second-order valence-corrected chi connectivity index (χ2v) is 4.84. The van der Waals surface area contributed by atoms with Crippen LogP contribution in [0.1, 0.15) is 33.3 Å². The molecule has 1 rings (SSSR count). The van der Waals surface area contributed by atoms with Crippen LogP contribution >= 0.6 is 0 Å². The molecule has 0 saturated carbocycles. The highest BCUT2D eigenvalue weighted by atomic mass is 16.5. The van der Waals surface area contributed by atoms with Crippen LogP contribution in [0.2, 0.25) is 0 Å². The van der Waals surface area contributed by atoms with E-state index in [0.717, 1.165) is 11.8 Å². The van der Waals surface area contributed by atoms with Gasteiger partial charge in [-0.15, -0.1) is 0 Å². The zero-order valence-electron chi connectivity index (χ0n) is 11.1. The van der Waals surface area contributed by atoms with Gasteiger partial charge in [0, 0.05) is 11.0 Å². The van der Waals surface area contributed by atoms with Gasteiger partial charge in [0.05, 0.1) is 13.2 Å². The van der Waals surface area contributed by atoms with Crippen LogP contribution in [0.15, 0.2) is 18.2 Å². The molecule has 94 valence electrons. The van der Waals surface area contributed by atoms with Crippen LogP contribution in [0, 0.1) is 0 Å². The van der Waals surface area contributed by atoms with Gasteiger partial charge >= 0.3 is 0 Å². The summed E-state index contributed by atoms with van der Waals surface area (Å²) in [5.74, 6) is 1.31. The first-order valence-electron chi connectivity index (χ1n) is 5.73. The summed E-state index contributed by atoms with van der Waals surface area (Å²) in [6.45, 7) is 7.63. The largest absolute Gasteiger partial charge is 0.493 e. The average molecular weight is 236 g/mol. The second-order valence-electron chi connectivity index (χ2n) is 4.84. The smallest absolute Gasteiger partial charge is 0.164 e. The molecule has 0 N–H and O–H groups in total. The molecule has 0 aromatic heterocycles. The van der Waals surface area contributed by atoms with Gasteiger partial charge in [0.1, 0.15) is 6.29 Å². The molecule has 0 radical (unpaired) electrons. The molecule has 1 aromatic rings. The maximum atomic E-state index is 11.1. The van der Waals surface area contributed by atoms with Crippen molar-refractivity contribution in [2.75, 3.05) is 7.11 Å². The van der Waals surface area contributed by atoms with E-state index in [-0.39, 0.29) is 6.10 Å². The predicted molar refractivity (Wildman–Crippen MR) is 67.8 cm³/mol. The molecule has 0 fully saturated rings. The van der Waals surface area contributed by atoms with Crippen LogP contribution in [0.5, 0.6) is 11.5 Å². The molecule has 0 heterocycles. The summed E-state index contributed by atoms with van der Waals surface area (Å²) in [5, 5.41) is 0. The lowest BCUT2D eigenvalue weighted by atomic mass is 9.85. The highest BCUT2D eigenvalue weighted by Crippen LogP contribution is 2.37. The summed E-state index contributed by atoms with van der Waals surface area (Å²) in [7, 11) is 1.59. The van der Waals surface area contributed by atoms with E-state index in [2.05, 4.69) is 0 Å². The topological polar surface area (TPSA) is 35.5 Å². The number of aldehydes is 1. The SMILES string of the molecule is COc1c(OC(C)C)cccc1C(C)(C)C=O. The van der Waals surface area contributed by atoms with Gasteiger partial charge in [-0.25, -0.2) is 0 Å². The Morgan fingerprint density at radius 3 is 2.41 bits per heavy atom. The van der Waals surface area contributed by atoms with Gasteiger partial charge in [0.15, 0.2) is 11.5 Å². The summed E-state index contributed by atoms with van der Waals surface area (Å²) >= 11 is 0. The van der Waals surface area contributed by atoms with Gasteiger partial charge in [0.2, 0.25) is 0 Å². The van der Waals surface area contributed by atoms with Crippen LogP contribution < -0.4 is 9.47 Å². The fourth-order valence-electron chi connectivity index (χ4n) is 1.64. The summed E-state index contributed by atoms with van der Waals surface area (Å²) in [6, 6.07) is 5.62. The van der Waals surface area contributed by atoms with Crippen molar-refractivity contribution in [3.8, 4) is 11.5 Å². The van der Waals surface area contributed by atoms with Gasteiger partial charge in [-0.2, -0.15) is 0 Å². The van der Waals surface area contributed by atoms with E-state index in [1.807, 2.05) is 45.9 Å². The quantitative estimate of drug-likeness (QED) is 0.737. The molecule has 0 aliphatic heterocycles. The van der Waals surface area contributed by atoms with Gasteiger partial charge in [-0.3, -0.25) is 0 Å². The first-order valence-corrected chi connectivity index (χ1v) is 5.73. The number of carbonyl (C=O) groups is 1. The fraction of sp³-hybridized carbons (Fsp3) is 0.500. The van der Waals surface area contributed by atoms with Crippen molar-refractivity contribution in [2.45, 2.75) is 39.2 Å². The standard InChI is InChI=1S/C14H20O3/c1-10(2)17-12-8-6-7-11(13(12)16-5)14(3,4)9-15/h6-10H,1-5H3. The Morgan fingerprint density at radius 1 is 1.29 bits per heavy atom. The lowest BCUT2D eigenvalue weighted by Crippen LogP contribution is -2.20. The molecular weight excluding hydrogens is 216 g/mol. The molecule has 0 spiro atoms. The first kappa shape index (κ1) is 13.6. The minimum absolute atomic E-state index is 0.0680. The lowest BCUT2D eigenvalue weighted by Gasteiger charge is -2.23. The molecule has 0 bridgehead atoms. The van der Waals surface area contributed by atoms with Crippen LogP contribution in [0.25, 0.3) is 0 Å². The molecule has 0 unspecified atom stereocenters. The van der Waals surface area contributed by atoms with Crippen molar-refractivity contribution in [3.05, 3.63) is 23.8 Å². The third-order valence-corrected chi connectivity index (χ3v) is 2.53. The normalized spacial score (nSPS) is 11.4. The number of para-hydroxylation sites is 1. The molecule has 0 aliphatic carbocycles. The third-order valence-electron chi connectivity index (χ3n) is 2.53. The lowest BCUT2D eigenvalue weighted by molar-refractivity contribution is -0.111. The molecule has 17 heavy (non-hydrogen) atoms. The molecular formula is C14H20O3. The monoisotopic (exact) mass is 236 g/mol. The fourth-order valence-corrected chi connectivity index (χ4v) is 1.64. The van der Waals surface area contributed by atoms with E-state index in [0.29, 0.717) is 11.5 Å². The van der Waals surface area contributed by atoms with Crippen LogP contribution in [0.3, 0.4) is 0 Å². The van der Waals surface area contributed by atoms with Crippen LogP contribution in [-0.4, -0.2) is 19.5 Å². The molecule has 3 nitrogen and oxygen atoms in total. The first-order chi connectivity index (χ1) is 7.92. The molecule has 3 heteroatoms. The summed E-state index contributed by atoms with van der Waals surface area (Å²) in [6.07, 6.45) is 0.989. The van der Waals surface area contributed by atoms with Crippen molar-refractivity contribution >= 4 is 6.29 Å². The Morgan fingerprint density at radius 2 is 1.94 bits per heavy atom. The average Bonchev–Trinajstić information content (AvgIpc) is 2.28. The van der Waals surface area contributed by atoms with E-state index in [4.69, 9.17) is 9.47 Å². The Kier molecular flexibility index (Phi) is 4.16. The van der Waals surface area contributed by atoms with Crippen LogP contribution in [-0.2, 0) is 10.2 Å². The maximum absolute atomic E-state index is 11.1. The van der Waals surface area contributed by atoms with E-state index < -0.39 is 5.41 Å². The minimum atomic E-state index is -0.582. The predicted octanol–water partition coefficient (Wildman–Crippen LogP) is 2.96. The number of methoxy groups -OCH3 is 1. The molecule has 0 aliphatic rings. The number of carbonyl (C=O) groups excluding carboxylic acids is 1. The molecule has 0 amide bonds. The van der Waals surface area contributed by atoms with Crippen molar-refractivity contribution < 1.29 is 14.3 Å². The van der Waals surface area contributed by atoms with Crippen molar-refractivity contribution in [2.24, 2.45) is 0 Å². The Hall–Kier alpha value is -1.51. The van der Waals surface area contributed by atoms with E-state index in [1.165, 1.54) is 0 Å². The number of hydrogen-bond donors (Lipinski definition) is 0. The van der Waals surface area contributed by atoms with Gasteiger partial charge < -0.3 is 14.3 Å². The van der Waals surface area contributed by atoms with Crippen molar-refractivity contribution in [1.82, 2.24) is 0 Å². The highest BCUT2D eigenvalue weighted by Gasteiger charge is 2.26. The summed E-state index contributed by atoms with van der Waals surface area (Å²) in [4.78, 5) is 11.1. The minimum Gasteiger partial charge on any atom is -0.493 e. The maximum Gasteiger partial charge on any atom is 0.164 e. The summed E-state index contributed by atoms with van der Waals surface area (Å²) in [5.41, 5.74) is 0.259. The summed E-state index contributed by atoms with van der Waals surface area (Å²) < 4.78 is 11.1. The second kappa shape index (κ2) is 5.21. The number of ether oxygens (including phenoxy) is 2. The van der Waals surface area contributed by atoms with E-state index >= 15 is 0 Å². The van der Waals surface area contributed by atoms with E-state index in [1.54, 1.807) is 7.11 Å². The Bertz CT molecular complexity index is 394. The van der Waals surface area contributed by atoms with Gasteiger partial charge in [-0.05, 0) is 33.8 Å². The van der Waals surface area contributed by atoms with Gasteiger partial charge in [-0.1, -0.05) is 12.1 Å². The van der Waals surface area contributed by atoms with Gasteiger partial charge in [0.25, 0.3) is 0 Å². The number of rotatable bonds is 5. The highest BCUT2D eigenvalue weighted by molar-refractivity contribution is 5.70. The van der Waals surface area contributed by atoms with Crippen molar-refractivity contribution in [3.63, 3.8) is 0 Å². The third kappa shape index (κ3) is 2.99. The van der Waals surface area contributed by atoms with Crippen molar-refractivity contribution in [1.29, 1.82) is 0 Å². The van der Waals surface area contributed by atoms with Crippen LogP contribution in [0.4, 0.5) is 0 Å². The Balaban J connectivity index is 3.28. The number of hydrogen-bond acceptors (Lipinski definition) is 3. The molecule has 0 saturated heterocycles.